The number of rotatable bonds is 1. The number of carbonyl (C=O) groups is 2. The topological polar surface area (TPSA) is 49.4 Å². The fraction of sp³-hybridized carbons (Fsp3) is 0.385. The number of amides is 3. The molecule has 4 heteroatoms. The second kappa shape index (κ2) is 4.57. The molecule has 0 bridgehead atoms. The maximum absolute atomic E-state index is 11.8. The Bertz CT molecular complexity index is 456. The lowest BCUT2D eigenvalue weighted by molar-refractivity contribution is -0.127. The van der Waals surface area contributed by atoms with Crippen LogP contribution in [0.4, 0.5) is 10.5 Å². The van der Waals surface area contributed by atoms with Crippen LogP contribution in [0.15, 0.2) is 24.3 Å². The number of hydrogen-bond donors (Lipinski definition) is 1. The zero-order chi connectivity index (χ0) is 12.4. The zero-order valence-corrected chi connectivity index (χ0v) is 10.1. The molecule has 4 nitrogen and oxygen atoms in total. The number of imide groups is 1. The van der Waals surface area contributed by atoms with Crippen molar-refractivity contribution in [3.63, 3.8) is 0 Å². The van der Waals surface area contributed by atoms with Crippen LogP contribution < -0.4 is 5.32 Å². The second-order valence-corrected chi connectivity index (χ2v) is 4.28. The molecule has 1 N–H and O–H groups in total. The van der Waals surface area contributed by atoms with E-state index in [1.54, 1.807) is 0 Å². The number of fused-ring (bicyclic) bond motifs is 1. The molecule has 1 heterocycles. The number of nitrogens with one attached hydrogen (secondary N) is 1. The Balaban J connectivity index is 2.45. The average molecular weight is 232 g/mol. The van der Waals surface area contributed by atoms with Crippen molar-refractivity contribution in [1.82, 2.24) is 4.90 Å². The second-order valence-electron chi connectivity index (χ2n) is 4.28. The van der Waals surface area contributed by atoms with E-state index in [1.165, 1.54) is 7.05 Å². The van der Waals surface area contributed by atoms with Gasteiger partial charge in [0.05, 0.1) is 0 Å². The first-order valence-corrected chi connectivity index (χ1v) is 5.80. The third-order valence-electron chi connectivity index (χ3n) is 3.23. The SMILES string of the molecule is CC[C@@H]1CC(=O)N(C)C(=O)Nc2ccccc21. The van der Waals surface area contributed by atoms with Gasteiger partial charge in [0.2, 0.25) is 5.91 Å². The Kier molecular flexibility index (Phi) is 3.13. The van der Waals surface area contributed by atoms with E-state index in [0.29, 0.717) is 6.42 Å². The number of hydrogen-bond acceptors (Lipinski definition) is 2. The summed E-state index contributed by atoms with van der Waals surface area (Å²) in [6, 6.07) is 7.30. The fourth-order valence-electron chi connectivity index (χ4n) is 2.10. The highest BCUT2D eigenvalue weighted by Crippen LogP contribution is 2.31. The highest BCUT2D eigenvalue weighted by molar-refractivity contribution is 6.02. The molecule has 2 rings (SSSR count). The van der Waals surface area contributed by atoms with Crippen molar-refractivity contribution in [1.29, 1.82) is 0 Å². The molecule has 0 fully saturated rings. The van der Waals surface area contributed by atoms with E-state index in [-0.39, 0.29) is 17.9 Å². The van der Waals surface area contributed by atoms with E-state index in [9.17, 15) is 9.59 Å². The zero-order valence-electron chi connectivity index (χ0n) is 10.1. The van der Waals surface area contributed by atoms with E-state index in [1.807, 2.05) is 24.3 Å². The van der Waals surface area contributed by atoms with Gasteiger partial charge in [0.15, 0.2) is 0 Å². The molecule has 1 aromatic rings. The molecule has 0 aromatic heterocycles. The Hall–Kier alpha value is -1.84. The van der Waals surface area contributed by atoms with Crippen molar-refractivity contribution < 1.29 is 9.59 Å². The van der Waals surface area contributed by atoms with Gasteiger partial charge in [0.1, 0.15) is 0 Å². The Morgan fingerprint density at radius 2 is 2.06 bits per heavy atom. The largest absolute Gasteiger partial charge is 0.328 e. The van der Waals surface area contributed by atoms with Gasteiger partial charge in [-0.05, 0) is 24.0 Å². The van der Waals surface area contributed by atoms with Gasteiger partial charge in [0.25, 0.3) is 0 Å². The van der Waals surface area contributed by atoms with E-state index >= 15 is 0 Å². The van der Waals surface area contributed by atoms with Gasteiger partial charge < -0.3 is 5.32 Å². The molecule has 0 radical (unpaired) electrons. The number of benzene rings is 1. The molecule has 0 saturated carbocycles. The van der Waals surface area contributed by atoms with Crippen molar-refractivity contribution in [2.45, 2.75) is 25.7 Å². The number of carbonyl (C=O) groups excluding carboxylic acids is 2. The highest BCUT2D eigenvalue weighted by atomic mass is 16.2. The molecule has 0 spiro atoms. The minimum atomic E-state index is -0.364. The first-order valence-electron chi connectivity index (χ1n) is 5.80. The number of urea groups is 1. The van der Waals surface area contributed by atoms with Crippen LogP contribution in [-0.4, -0.2) is 23.9 Å². The summed E-state index contributed by atoms with van der Waals surface area (Å²) in [5.41, 5.74) is 1.86. The van der Waals surface area contributed by atoms with Crippen molar-refractivity contribution in [2.75, 3.05) is 12.4 Å². The van der Waals surface area contributed by atoms with Gasteiger partial charge in [-0.3, -0.25) is 9.69 Å². The molecule has 3 amide bonds. The van der Waals surface area contributed by atoms with E-state index < -0.39 is 0 Å². The summed E-state index contributed by atoms with van der Waals surface area (Å²) < 4.78 is 0. The fourth-order valence-corrected chi connectivity index (χ4v) is 2.10. The summed E-state index contributed by atoms with van der Waals surface area (Å²) in [5.74, 6) is 0.0330. The summed E-state index contributed by atoms with van der Waals surface area (Å²) in [5, 5.41) is 2.77. The molecule has 1 aliphatic rings. The molecule has 0 unspecified atom stereocenters. The van der Waals surface area contributed by atoms with Gasteiger partial charge in [-0.25, -0.2) is 4.79 Å². The van der Waals surface area contributed by atoms with E-state index in [0.717, 1.165) is 22.6 Å². The molecular weight excluding hydrogens is 216 g/mol. The number of anilines is 1. The first kappa shape index (κ1) is 11.6. The van der Waals surface area contributed by atoms with Crippen LogP contribution in [0.1, 0.15) is 31.2 Å². The third-order valence-corrected chi connectivity index (χ3v) is 3.23. The van der Waals surface area contributed by atoms with Crippen LogP contribution in [0.2, 0.25) is 0 Å². The molecule has 0 aliphatic carbocycles. The smallest absolute Gasteiger partial charge is 0.307 e. The van der Waals surface area contributed by atoms with Crippen molar-refractivity contribution in [2.24, 2.45) is 0 Å². The summed E-state index contributed by atoms with van der Waals surface area (Å²) in [7, 11) is 1.51. The maximum atomic E-state index is 11.8. The molecule has 1 aromatic carbocycles. The van der Waals surface area contributed by atoms with Crippen molar-refractivity contribution >= 4 is 17.6 Å². The predicted octanol–water partition coefficient (Wildman–Crippen LogP) is 2.57. The van der Waals surface area contributed by atoms with Crippen LogP contribution in [-0.2, 0) is 4.79 Å². The lowest BCUT2D eigenvalue weighted by Crippen LogP contribution is -2.39. The average Bonchev–Trinajstić information content (AvgIpc) is 2.34. The molecule has 17 heavy (non-hydrogen) atoms. The quantitative estimate of drug-likeness (QED) is 0.809. The van der Waals surface area contributed by atoms with Crippen LogP contribution in [0, 0.1) is 0 Å². The minimum Gasteiger partial charge on any atom is -0.307 e. The molecular formula is C13H16N2O2. The molecule has 1 aliphatic heterocycles. The molecule has 1 atom stereocenters. The minimum absolute atomic E-state index is 0.135. The monoisotopic (exact) mass is 232 g/mol. The third kappa shape index (κ3) is 2.16. The lowest BCUT2D eigenvalue weighted by Gasteiger charge is -2.26. The van der Waals surface area contributed by atoms with E-state index in [2.05, 4.69) is 12.2 Å². The molecule has 0 saturated heterocycles. The maximum Gasteiger partial charge on any atom is 0.328 e. The van der Waals surface area contributed by atoms with Crippen LogP contribution in [0.5, 0.6) is 0 Å². The van der Waals surface area contributed by atoms with Crippen LogP contribution in [0.3, 0.4) is 0 Å². The van der Waals surface area contributed by atoms with Crippen LogP contribution >= 0.6 is 0 Å². The number of para-hydroxylation sites is 1. The Morgan fingerprint density at radius 1 is 1.35 bits per heavy atom. The van der Waals surface area contributed by atoms with Crippen molar-refractivity contribution in [3.8, 4) is 0 Å². The van der Waals surface area contributed by atoms with Gasteiger partial charge in [-0.15, -0.1) is 0 Å². The Labute approximate surface area is 101 Å². The summed E-state index contributed by atoms with van der Waals surface area (Å²) in [4.78, 5) is 24.7. The lowest BCUT2D eigenvalue weighted by atomic mass is 9.90. The first-order chi connectivity index (χ1) is 8.13. The summed E-state index contributed by atoms with van der Waals surface area (Å²) in [6.45, 7) is 2.05. The van der Waals surface area contributed by atoms with Gasteiger partial charge in [0, 0.05) is 19.2 Å². The van der Waals surface area contributed by atoms with E-state index in [4.69, 9.17) is 0 Å². The van der Waals surface area contributed by atoms with Gasteiger partial charge >= 0.3 is 6.03 Å². The number of nitrogens with zero attached hydrogens (tertiary/aromatic N) is 1. The Morgan fingerprint density at radius 3 is 2.76 bits per heavy atom. The van der Waals surface area contributed by atoms with Crippen molar-refractivity contribution in [3.05, 3.63) is 29.8 Å². The van der Waals surface area contributed by atoms with Gasteiger partial charge in [-0.2, -0.15) is 0 Å². The standard InChI is InChI=1S/C13H16N2O2/c1-3-9-8-12(16)15(2)13(17)14-11-7-5-4-6-10(9)11/h4-7,9H,3,8H2,1-2H3,(H,14,17)/t9-/m1/s1. The summed E-state index contributed by atoms with van der Waals surface area (Å²) in [6.07, 6.45) is 1.27. The molecule has 90 valence electrons. The summed E-state index contributed by atoms with van der Waals surface area (Å²) >= 11 is 0. The predicted molar refractivity (Wildman–Crippen MR) is 65.9 cm³/mol. The van der Waals surface area contributed by atoms with Gasteiger partial charge in [-0.1, -0.05) is 25.1 Å². The normalized spacial score (nSPS) is 20.4. The van der Waals surface area contributed by atoms with Crippen LogP contribution in [0.25, 0.3) is 0 Å². The highest BCUT2D eigenvalue weighted by Gasteiger charge is 2.26.